The molecule has 0 spiro atoms. The van der Waals surface area contributed by atoms with Crippen molar-refractivity contribution < 1.29 is 22.1 Å². The molecule has 3 rings (SSSR count). The number of nitrogens with zero attached hydrogens (tertiary/aromatic N) is 3. The van der Waals surface area contributed by atoms with Crippen LogP contribution in [-0.4, -0.2) is 26.0 Å². The zero-order valence-corrected chi connectivity index (χ0v) is 13.6. The highest BCUT2D eigenvalue weighted by Gasteiger charge is 2.30. The molecule has 0 saturated carbocycles. The smallest absolute Gasteiger partial charge is 0.435 e. The van der Waals surface area contributed by atoms with Crippen LogP contribution in [0.3, 0.4) is 0 Å². The van der Waals surface area contributed by atoms with E-state index in [1.54, 1.807) is 6.07 Å². The molecule has 1 N–H and O–H groups in total. The van der Waals surface area contributed by atoms with Gasteiger partial charge >= 0.3 is 11.4 Å². The Morgan fingerprint density at radius 1 is 1.16 bits per heavy atom. The maximum absolute atomic E-state index is 12.8. The van der Waals surface area contributed by atoms with Crippen molar-refractivity contribution in [3.8, 4) is 11.5 Å². The highest BCUT2D eigenvalue weighted by Crippen LogP contribution is 2.31. The van der Waals surface area contributed by atoms with Crippen LogP contribution in [0.4, 0.5) is 24.7 Å². The molecule has 0 fully saturated rings. The predicted octanol–water partition coefficient (Wildman–Crippen LogP) is 3.63. The van der Waals surface area contributed by atoms with Gasteiger partial charge < -0.3 is 14.3 Å². The molecule has 2 heterocycles. The van der Waals surface area contributed by atoms with Crippen molar-refractivity contribution in [1.82, 2.24) is 15.2 Å². The molecule has 0 aliphatic rings. The summed E-state index contributed by atoms with van der Waals surface area (Å²) in [7, 11) is 0. The predicted molar refractivity (Wildman–Crippen MR) is 84.6 cm³/mol. The Morgan fingerprint density at radius 3 is 2.64 bits per heavy atom. The number of aromatic nitrogens is 3. The molecule has 1 unspecified atom stereocenters. The zero-order chi connectivity index (χ0) is 18.0. The van der Waals surface area contributed by atoms with E-state index in [-0.39, 0.29) is 16.8 Å². The van der Waals surface area contributed by atoms with Gasteiger partial charge in [-0.2, -0.15) is 13.2 Å². The molecule has 6 nitrogen and oxygen atoms in total. The molecule has 0 amide bonds. The molecular weight excluding hydrogens is 357 g/mol. The fraction of sp³-hybridized carbons (Fsp3) is 0.133. The molecule has 1 atom stereocenters. The lowest BCUT2D eigenvalue weighted by Gasteiger charge is -2.10. The first-order valence-corrected chi connectivity index (χ1v) is 8.46. The Hall–Kier alpha value is -2.59. The second-order valence-electron chi connectivity index (χ2n) is 4.96. The number of pyridine rings is 1. The van der Waals surface area contributed by atoms with E-state index in [0.29, 0.717) is 11.4 Å². The summed E-state index contributed by atoms with van der Waals surface area (Å²) in [6, 6.07) is 7.90. The Labute approximate surface area is 143 Å². The summed E-state index contributed by atoms with van der Waals surface area (Å²) in [4.78, 5) is 4.05. The van der Waals surface area contributed by atoms with Gasteiger partial charge in [-0.25, -0.2) is 4.98 Å². The first kappa shape index (κ1) is 17.2. The van der Waals surface area contributed by atoms with E-state index < -0.39 is 22.9 Å². The summed E-state index contributed by atoms with van der Waals surface area (Å²) < 4.78 is 54.9. The Morgan fingerprint density at radius 2 is 1.96 bits per heavy atom. The molecule has 0 aliphatic heterocycles. The lowest BCUT2D eigenvalue weighted by atomic mass is 10.2. The Balaban J connectivity index is 1.85. The average molecular weight is 368 g/mol. The summed E-state index contributed by atoms with van der Waals surface area (Å²) in [5.74, 6) is 0.439. The van der Waals surface area contributed by atoms with Crippen molar-refractivity contribution >= 4 is 22.7 Å². The average Bonchev–Trinajstić information content (AvgIpc) is 3.05. The number of hydrogen-bond acceptors (Lipinski definition) is 6. The van der Waals surface area contributed by atoms with E-state index in [0.717, 1.165) is 12.1 Å². The van der Waals surface area contributed by atoms with Crippen LogP contribution in [0.2, 0.25) is 0 Å². The van der Waals surface area contributed by atoms with E-state index >= 15 is 0 Å². The van der Waals surface area contributed by atoms with Crippen molar-refractivity contribution in [3.63, 3.8) is 0 Å². The second-order valence-corrected chi connectivity index (χ2v) is 6.22. The van der Waals surface area contributed by atoms with Crippen LogP contribution in [-0.2, 0) is 17.4 Å². The lowest BCUT2D eigenvalue weighted by Crippen LogP contribution is -2.05. The maximum Gasteiger partial charge on any atom is 0.435 e. The van der Waals surface area contributed by atoms with E-state index in [1.807, 2.05) is 0 Å². The Kier molecular flexibility index (Phi) is 4.64. The van der Waals surface area contributed by atoms with E-state index in [9.17, 15) is 17.7 Å². The number of rotatable bonds is 4. The second kappa shape index (κ2) is 6.73. The van der Waals surface area contributed by atoms with Crippen LogP contribution in [0.15, 0.2) is 52.2 Å². The van der Waals surface area contributed by atoms with Gasteiger partial charge in [0.25, 0.3) is 5.89 Å². The Bertz CT molecular complexity index is 883. The monoisotopic (exact) mass is 368 g/mol. The molecule has 0 saturated heterocycles. The van der Waals surface area contributed by atoms with Gasteiger partial charge in [-0.15, -0.1) is 5.10 Å². The quantitative estimate of drug-likeness (QED) is 0.708. The molecule has 2 aromatic heterocycles. The molecule has 0 radical (unpaired) electrons. The lowest BCUT2D eigenvalue weighted by molar-refractivity contribution is -0.137. The third-order valence-corrected chi connectivity index (χ3v) is 3.78. The highest BCUT2D eigenvalue weighted by molar-refractivity contribution is 7.90. The van der Waals surface area contributed by atoms with Gasteiger partial charge in [-0.05, 0) is 30.3 Å². The van der Waals surface area contributed by atoms with Crippen molar-refractivity contribution in [2.75, 3.05) is 11.6 Å². The van der Waals surface area contributed by atoms with Gasteiger partial charge in [0.05, 0.1) is 5.56 Å². The van der Waals surface area contributed by atoms with Crippen molar-refractivity contribution in [2.45, 2.75) is 11.4 Å². The van der Waals surface area contributed by atoms with Gasteiger partial charge in [-0.3, -0.25) is 0 Å². The first-order chi connectivity index (χ1) is 11.8. The van der Waals surface area contributed by atoms with Crippen LogP contribution in [0.1, 0.15) is 5.56 Å². The van der Waals surface area contributed by atoms with E-state index in [2.05, 4.69) is 20.5 Å². The standard InChI is InChI=1S/C15H11F3N4O2S/c1-25(23)14-22-21-13(24-14)9-5-6-19-12(7-9)20-11-4-2-3-10(8-11)15(16,17)18/h2-8H,1H3,(H,19,20). The number of nitrogens with one attached hydrogen (secondary N) is 1. The molecule has 1 aromatic carbocycles. The van der Waals surface area contributed by atoms with Crippen LogP contribution in [0.5, 0.6) is 0 Å². The third-order valence-electron chi connectivity index (χ3n) is 3.12. The van der Waals surface area contributed by atoms with Crippen molar-refractivity contribution in [3.05, 3.63) is 48.2 Å². The summed E-state index contributed by atoms with van der Waals surface area (Å²) in [6.45, 7) is 0. The first-order valence-electron chi connectivity index (χ1n) is 6.90. The van der Waals surface area contributed by atoms with Crippen LogP contribution < -0.4 is 5.32 Å². The summed E-state index contributed by atoms with van der Waals surface area (Å²) in [5.41, 5.74) is -0.0327. The van der Waals surface area contributed by atoms with E-state index in [1.165, 1.54) is 30.7 Å². The topological polar surface area (TPSA) is 86.9 Å². The number of halogens is 3. The van der Waals surface area contributed by atoms with E-state index in [4.69, 9.17) is 4.42 Å². The molecule has 0 aliphatic carbocycles. The summed E-state index contributed by atoms with van der Waals surface area (Å²) in [6.07, 6.45) is -1.58. The van der Waals surface area contributed by atoms with Gasteiger partial charge in [0.1, 0.15) is 12.1 Å². The van der Waals surface area contributed by atoms with Gasteiger partial charge in [0, 0.05) is 28.6 Å². The summed E-state index contributed by atoms with van der Waals surface area (Å²) in [5, 5.41) is 10.2. The number of benzene rings is 1. The minimum atomic E-state index is -4.43. The largest absolute Gasteiger partial charge is 0.608 e. The number of hydrogen-bond donors (Lipinski definition) is 1. The SMILES string of the molecule is C[S+]([O-])c1nnc(-c2ccnc(Nc3cccc(C(F)(F)F)c3)c2)o1. The molecule has 3 aromatic rings. The third kappa shape index (κ3) is 4.09. The molecular formula is C15H11F3N4O2S. The minimum Gasteiger partial charge on any atom is -0.608 e. The molecule has 10 heteroatoms. The van der Waals surface area contributed by atoms with Gasteiger partial charge in [0.15, 0.2) is 0 Å². The summed E-state index contributed by atoms with van der Waals surface area (Å²) >= 11 is -1.41. The zero-order valence-electron chi connectivity index (χ0n) is 12.7. The number of anilines is 2. The fourth-order valence-corrected chi connectivity index (χ4v) is 2.35. The minimum absolute atomic E-state index is 0.0146. The number of alkyl halides is 3. The van der Waals surface area contributed by atoms with Crippen LogP contribution in [0, 0.1) is 0 Å². The highest BCUT2D eigenvalue weighted by atomic mass is 32.2. The van der Waals surface area contributed by atoms with Crippen LogP contribution in [0.25, 0.3) is 11.5 Å². The van der Waals surface area contributed by atoms with Crippen LogP contribution >= 0.6 is 0 Å². The van der Waals surface area contributed by atoms with Crippen molar-refractivity contribution in [2.24, 2.45) is 0 Å². The molecule has 130 valence electrons. The maximum atomic E-state index is 12.8. The normalized spacial score (nSPS) is 12.8. The van der Waals surface area contributed by atoms with Gasteiger partial charge in [-0.1, -0.05) is 11.2 Å². The fourth-order valence-electron chi connectivity index (χ4n) is 2.00. The molecule has 0 bridgehead atoms. The van der Waals surface area contributed by atoms with Gasteiger partial charge in [0.2, 0.25) is 0 Å². The molecule has 25 heavy (non-hydrogen) atoms. The van der Waals surface area contributed by atoms with Crippen molar-refractivity contribution in [1.29, 1.82) is 0 Å².